The van der Waals surface area contributed by atoms with Gasteiger partial charge < -0.3 is 14.5 Å². The second-order valence-electron chi connectivity index (χ2n) is 7.87. The van der Waals surface area contributed by atoms with Gasteiger partial charge in [0.2, 0.25) is 0 Å². The minimum Gasteiger partial charge on any atom is -0.378 e. The van der Waals surface area contributed by atoms with Crippen molar-refractivity contribution in [3.63, 3.8) is 0 Å². The second kappa shape index (κ2) is 9.67. The first-order valence-electron chi connectivity index (χ1n) is 10.8. The van der Waals surface area contributed by atoms with Gasteiger partial charge in [0.15, 0.2) is 0 Å². The first-order valence-corrected chi connectivity index (χ1v) is 10.8. The summed E-state index contributed by atoms with van der Waals surface area (Å²) in [7, 11) is 2.12. The van der Waals surface area contributed by atoms with Crippen molar-refractivity contribution < 1.29 is 4.74 Å². The number of hydrogen-bond acceptors (Lipinski definition) is 3. The van der Waals surface area contributed by atoms with Gasteiger partial charge in [0.25, 0.3) is 0 Å². The van der Waals surface area contributed by atoms with Crippen LogP contribution in [0.25, 0.3) is 5.57 Å². The minimum absolute atomic E-state index is 0.794. The fraction of sp³-hybridized carbons (Fsp3) is 0.214. The molecule has 3 heteroatoms. The van der Waals surface area contributed by atoms with E-state index in [2.05, 4.69) is 109 Å². The third-order valence-corrected chi connectivity index (χ3v) is 5.82. The SMILES string of the molecule is C=CC=C(c1ccc(N2CCOCC2)cc1)c1ccccc1N(C)c1ccc(C)cc1. The van der Waals surface area contributed by atoms with Gasteiger partial charge in [-0.3, -0.25) is 0 Å². The van der Waals surface area contributed by atoms with Crippen molar-refractivity contribution in [2.24, 2.45) is 0 Å². The summed E-state index contributed by atoms with van der Waals surface area (Å²) < 4.78 is 5.48. The molecular weight excluding hydrogens is 380 g/mol. The zero-order chi connectivity index (χ0) is 21.6. The third-order valence-electron chi connectivity index (χ3n) is 5.82. The Bertz CT molecular complexity index is 1050. The Hall–Kier alpha value is -3.30. The summed E-state index contributed by atoms with van der Waals surface area (Å²) >= 11 is 0. The van der Waals surface area contributed by atoms with Gasteiger partial charge in [-0.2, -0.15) is 0 Å². The van der Waals surface area contributed by atoms with Crippen LogP contribution in [0.4, 0.5) is 17.1 Å². The highest BCUT2D eigenvalue weighted by molar-refractivity contribution is 5.89. The molecule has 1 fully saturated rings. The van der Waals surface area contributed by atoms with Crippen LogP contribution >= 0.6 is 0 Å². The number of aryl methyl sites for hydroxylation is 1. The van der Waals surface area contributed by atoms with E-state index in [1.54, 1.807) is 0 Å². The lowest BCUT2D eigenvalue weighted by atomic mass is 9.95. The predicted octanol–water partition coefficient (Wildman–Crippen LogP) is 6.22. The molecule has 0 bridgehead atoms. The van der Waals surface area contributed by atoms with Gasteiger partial charge in [0.05, 0.1) is 13.2 Å². The molecule has 1 heterocycles. The lowest BCUT2D eigenvalue weighted by Gasteiger charge is -2.29. The first kappa shape index (κ1) is 21.0. The summed E-state index contributed by atoms with van der Waals surface area (Å²) in [4.78, 5) is 4.62. The Balaban J connectivity index is 1.68. The molecule has 31 heavy (non-hydrogen) atoms. The molecule has 3 aromatic rings. The Morgan fingerprint density at radius 2 is 1.61 bits per heavy atom. The zero-order valence-corrected chi connectivity index (χ0v) is 18.4. The van der Waals surface area contributed by atoms with Gasteiger partial charge in [-0.05, 0) is 48.4 Å². The predicted molar refractivity (Wildman–Crippen MR) is 132 cm³/mol. The highest BCUT2D eigenvalue weighted by Gasteiger charge is 2.15. The van der Waals surface area contributed by atoms with Gasteiger partial charge >= 0.3 is 0 Å². The van der Waals surface area contributed by atoms with Crippen molar-refractivity contribution in [3.8, 4) is 0 Å². The molecule has 0 aromatic heterocycles. The van der Waals surface area contributed by atoms with E-state index in [1.165, 1.54) is 28.1 Å². The minimum atomic E-state index is 0.794. The molecular formula is C28H30N2O. The number of anilines is 3. The summed E-state index contributed by atoms with van der Waals surface area (Å²) in [6.45, 7) is 9.56. The monoisotopic (exact) mass is 410 g/mol. The average molecular weight is 411 g/mol. The fourth-order valence-electron chi connectivity index (χ4n) is 4.03. The van der Waals surface area contributed by atoms with Gasteiger partial charge in [-0.1, -0.05) is 66.8 Å². The molecule has 0 unspecified atom stereocenters. The van der Waals surface area contributed by atoms with Crippen LogP contribution in [0.5, 0.6) is 0 Å². The number of allylic oxidation sites excluding steroid dienone is 2. The maximum atomic E-state index is 5.48. The van der Waals surface area contributed by atoms with Crippen LogP contribution in [-0.4, -0.2) is 33.4 Å². The van der Waals surface area contributed by atoms with Crippen LogP contribution < -0.4 is 9.80 Å². The van der Waals surface area contributed by atoms with Crippen molar-refractivity contribution in [2.75, 3.05) is 43.2 Å². The molecule has 0 amide bonds. The van der Waals surface area contributed by atoms with Crippen LogP contribution in [0.15, 0.2) is 91.5 Å². The van der Waals surface area contributed by atoms with E-state index in [0.717, 1.165) is 37.6 Å². The molecule has 158 valence electrons. The highest BCUT2D eigenvalue weighted by atomic mass is 16.5. The van der Waals surface area contributed by atoms with Gasteiger partial charge in [-0.25, -0.2) is 0 Å². The summed E-state index contributed by atoms with van der Waals surface area (Å²) in [5.41, 5.74) is 8.37. The van der Waals surface area contributed by atoms with Crippen LogP contribution in [0.2, 0.25) is 0 Å². The third kappa shape index (κ3) is 4.73. The number of hydrogen-bond donors (Lipinski definition) is 0. The normalized spacial score (nSPS) is 14.4. The maximum Gasteiger partial charge on any atom is 0.0642 e. The van der Waals surface area contributed by atoms with E-state index in [9.17, 15) is 0 Å². The largest absolute Gasteiger partial charge is 0.378 e. The van der Waals surface area contributed by atoms with E-state index in [-0.39, 0.29) is 0 Å². The Kier molecular flexibility index (Phi) is 6.54. The zero-order valence-electron chi connectivity index (χ0n) is 18.4. The van der Waals surface area contributed by atoms with Crippen molar-refractivity contribution >= 4 is 22.6 Å². The Morgan fingerprint density at radius 1 is 0.935 bits per heavy atom. The van der Waals surface area contributed by atoms with Crippen LogP contribution in [0.3, 0.4) is 0 Å². The number of rotatable bonds is 6. The van der Waals surface area contributed by atoms with Crippen LogP contribution in [0.1, 0.15) is 16.7 Å². The van der Waals surface area contributed by atoms with Gasteiger partial charge in [0.1, 0.15) is 0 Å². The molecule has 0 radical (unpaired) electrons. The Labute approximate surface area is 185 Å². The standard InChI is InChI=1S/C28H30N2O/c1-4-7-26(23-12-16-25(17-13-23)30-18-20-31-21-19-30)27-8-5-6-9-28(27)29(3)24-14-10-22(2)11-15-24/h4-17H,1,18-21H2,2-3H3. The molecule has 1 aliphatic heterocycles. The number of para-hydroxylation sites is 1. The molecule has 0 spiro atoms. The molecule has 0 atom stereocenters. The van der Waals surface area contributed by atoms with Crippen molar-refractivity contribution in [1.82, 2.24) is 0 Å². The van der Waals surface area contributed by atoms with E-state index >= 15 is 0 Å². The highest BCUT2D eigenvalue weighted by Crippen LogP contribution is 2.35. The Morgan fingerprint density at radius 3 is 2.29 bits per heavy atom. The maximum absolute atomic E-state index is 5.48. The summed E-state index contributed by atoms with van der Waals surface area (Å²) in [6.07, 6.45) is 3.97. The number of ether oxygens (including phenoxy) is 1. The molecule has 1 saturated heterocycles. The molecule has 0 N–H and O–H groups in total. The summed E-state index contributed by atoms with van der Waals surface area (Å²) in [6, 6.07) is 26.0. The fourth-order valence-corrected chi connectivity index (χ4v) is 4.03. The first-order chi connectivity index (χ1) is 15.2. The van der Waals surface area contributed by atoms with E-state index in [0.29, 0.717) is 0 Å². The van der Waals surface area contributed by atoms with Crippen LogP contribution in [0, 0.1) is 6.92 Å². The number of benzene rings is 3. The topological polar surface area (TPSA) is 15.7 Å². The molecule has 0 saturated carbocycles. The second-order valence-corrected chi connectivity index (χ2v) is 7.87. The average Bonchev–Trinajstić information content (AvgIpc) is 2.83. The summed E-state index contributed by atoms with van der Waals surface area (Å²) in [5.74, 6) is 0. The van der Waals surface area contributed by atoms with E-state index < -0.39 is 0 Å². The van der Waals surface area contributed by atoms with Gasteiger partial charge in [0, 0.05) is 42.8 Å². The van der Waals surface area contributed by atoms with Crippen LogP contribution in [-0.2, 0) is 4.74 Å². The van der Waals surface area contributed by atoms with Gasteiger partial charge in [-0.15, -0.1) is 0 Å². The molecule has 0 aliphatic carbocycles. The molecule has 3 aromatic carbocycles. The molecule has 1 aliphatic rings. The number of morpholine rings is 1. The van der Waals surface area contributed by atoms with Crippen molar-refractivity contribution in [1.29, 1.82) is 0 Å². The molecule has 4 rings (SSSR count). The van der Waals surface area contributed by atoms with E-state index in [1.807, 2.05) is 6.08 Å². The lowest BCUT2D eigenvalue weighted by Crippen LogP contribution is -2.36. The van der Waals surface area contributed by atoms with E-state index in [4.69, 9.17) is 4.74 Å². The van der Waals surface area contributed by atoms with Crippen molar-refractivity contribution in [3.05, 3.63) is 108 Å². The quantitative estimate of drug-likeness (QED) is 0.449. The lowest BCUT2D eigenvalue weighted by molar-refractivity contribution is 0.122. The number of nitrogens with zero attached hydrogens (tertiary/aromatic N) is 2. The summed E-state index contributed by atoms with van der Waals surface area (Å²) in [5, 5.41) is 0. The van der Waals surface area contributed by atoms with Crippen molar-refractivity contribution in [2.45, 2.75) is 6.92 Å². The smallest absolute Gasteiger partial charge is 0.0642 e. The molecule has 3 nitrogen and oxygen atoms in total.